The molecule has 0 heterocycles. The van der Waals surface area contributed by atoms with E-state index in [-0.39, 0.29) is 11.4 Å². The van der Waals surface area contributed by atoms with Crippen molar-refractivity contribution in [2.45, 2.75) is 0 Å². The standard InChI is InChI=1S/C6H5NO3.AsH3O4/c8-6-3-1-5(2-4-6)7(9)10;2-1(3,4)5/h1-4,8H;(H3,2,3,4,5). The molecule has 15 heavy (non-hydrogen) atoms. The third-order valence-corrected chi connectivity index (χ3v) is 1.06. The maximum Gasteiger partial charge on any atom is 0.269 e. The molecule has 0 atom stereocenters. The van der Waals surface area contributed by atoms with Gasteiger partial charge in [-0.1, -0.05) is 0 Å². The van der Waals surface area contributed by atoms with Crippen LogP contribution in [-0.2, 0) is 3.74 Å². The van der Waals surface area contributed by atoms with Crippen LogP contribution in [0.15, 0.2) is 24.3 Å². The molecule has 1 aromatic rings. The zero-order valence-electron chi connectivity index (χ0n) is 7.22. The average Bonchev–Trinajstić information content (AvgIpc) is 2.01. The van der Waals surface area contributed by atoms with Crippen LogP contribution in [0.2, 0.25) is 0 Å². The predicted molar refractivity (Wildman–Crippen MR) is 47.9 cm³/mol. The molecule has 0 saturated carbocycles. The van der Waals surface area contributed by atoms with Crippen LogP contribution in [-0.4, -0.2) is 36.8 Å². The van der Waals surface area contributed by atoms with Crippen LogP contribution in [0.3, 0.4) is 0 Å². The number of aromatic hydroxyl groups is 1. The summed E-state index contributed by atoms with van der Waals surface area (Å²) in [6.45, 7) is 0. The summed E-state index contributed by atoms with van der Waals surface area (Å²) >= 11 is -5.12. The number of hydrogen-bond donors (Lipinski definition) is 4. The van der Waals surface area contributed by atoms with Crippen molar-refractivity contribution in [3.63, 3.8) is 0 Å². The molecule has 0 spiro atoms. The smallest absolute Gasteiger partial charge is 0.269 e. The molecule has 0 bridgehead atoms. The Morgan fingerprint density at radius 3 is 1.73 bits per heavy atom. The summed E-state index contributed by atoms with van der Waals surface area (Å²) in [5, 5.41) is 18.8. The summed E-state index contributed by atoms with van der Waals surface area (Å²) in [6.07, 6.45) is 0. The molecule has 0 unspecified atom stereocenters. The fourth-order valence-electron chi connectivity index (χ4n) is 0.574. The maximum absolute atomic E-state index is 10.0. The molecule has 4 N–H and O–H groups in total. The minimum atomic E-state index is -5.12. The maximum atomic E-state index is 10.0. The van der Waals surface area contributed by atoms with Gasteiger partial charge in [0, 0.05) is 12.1 Å². The largest absolute Gasteiger partial charge is 0.508 e. The third-order valence-electron chi connectivity index (χ3n) is 1.06. The van der Waals surface area contributed by atoms with Crippen LogP contribution in [0.1, 0.15) is 0 Å². The molecule has 0 aliphatic heterocycles. The van der Waals surface area contributed by atoms with Crippen LogP contribution in [0.5, 0.6) is 5.75 Å². The number of rotatable bonds is 1. The normalized spacial score (nSPS) is 10.1. The van der Waals surface area contributed by atoms with E-state index >= 15 is 0 Å². The van der Waals surface area contributed by atoms with Crippen molar-refractivity contribution in [2.75, 3.05) is 0 Å². The van der Waals surface area contributed by atoms with Gasteiger partial charge in [-0.15, -0.1) is 0 Å². The van der Waals surface area contributed by atoms with Gasteiger partial charge in [0.15, 0.2) is 0 Å². The first-order valence-corrected chi connectivity index (χ1v) is 6.70. The number of phenols is 1. The molecule has 0 fully saturated rings. The molecule has 0 saturated heterocycles. The topological polar surface area (TPSA) is 141 Å². The Bertz CT molecular complexity index is 361. The molecule has 1 rings (SSSR count). The van der Waals surface area contributed by atoms with Crippen molar-refractivity contribution in [3.05, 3.63) is 34.4 Å². The second kappa shape index (κ2) is 5.52. The fraction of sp³-hybridized carbons (Fsp3) is 0. The molecule has 0 radical (unpaired) electrons. The first-order chi connectivity index (χ1) is 6.70. The summed E-state index contributed by atoms with van der Waals surface area (Å²) < 4.78 is 30.7. The molecule has 84 valence electrons. The average molecular weight is 281 g/mol. The van der Waals surface area contributed by atoms with Crippen LogP contribution >= 0.6 is 0 Å². The SMILES string of the molecule is O=[As](O)(O)O.O=[N+]([O-])c1ccc(O)cc1. The summed E-state index contributed by atoms with van der Waals surface area (Å²) in [4.78, 5) is 9.52. The minimum absolute atomic E-state index is 0.0159. The number of nitrogens with zero attached hydrogens (tertiary/aromatic N) is 1. The van der Waals surface area contributed by atoms with Crippen molar-refractivity contribution in [1.29, 1.82) is 0 Å². The molecular weight excluding hydrogens is 273 g/mol. The van der Waals surface area contributed by atoms with E-state index in [0.717, 1.165) is 0 Å². The van der Waals surface area contributed by atoms with Gasteiger partial charge in [0.25, 0.3) is 5.69 Å². The van der Waals surface area contributed by atoms with Gasteiger partial charge in [-0.2, -0.15) is 0 Å². The third kappa shape index (κ3) is 8.97. The van der Waals surface area contributed by atoms with E-state index in [1.165, 1.54) is 24.3 Å². The van der Waals surface area contributed by atoms with Gasteiger partial charge in [0.05, 0.1) is 4.92 Å². The van der Waals surface area contributed by atoms with Gasteiger partial charge in [-0.25, -0.2) is 0 Å². The van der Waals surface area contributed by atoms with Crippen molar-refractivity contribution >= 4 is 20.2 Å². The van der Waals surface area contributed by atoms with Crippen molar-refractivity contribution in [1.82, 2.24) is 0 Å². The van der Waals surface area contributed by atoms with Gasteiger partial charge < -0.3 is 5.11 Å². The Morgan fingerprint density at radius 2 is 1.47 bits per heavy atom. The number of non-ortho nitro benzene ring substituents is 1. The van der Waals surface area contributed by atoms with Crippen LogP contribution in [0.25, 0.3) is 0 Å². The van der Waals surface area contributed by atoms with E-state index in [2.05, 4.69) is 0 Å². The summed E-state index contributed by atoms with van der Waals surface area (Å²) in [5.41, 5.74) is -0.0159. The zero-order chi connectivity index (χ0) is 12.1. The van der Waals surface area contributed by atoms with Crippen LogP contribution in [0, 0.1) is 10.1 Å². The number of nitro groups is 1. The first-order valence-electron chi connectivity index (χ1n) is 3.42. The summed E-state index contributed by atoms with van der Waals surface area (Å²) in [5.74, 6) is 0.0330. The Balaban J connectivity index is 0.000000336. The van der Waals surface area contributed by atoms with Crippen molar-refractivity contribution < 1.29 is 26.1 Å². The summed E-state index contributed by atoms with van der Waals surface area (Å²) in [6, 6.07) is 5.04. The van der Waals surface area contributed by atoms with Crippen molar-refractivity contribution in [2.24, 2.45) is 0 Å². The molecule has 0 aromatic heterocycles. The molecule has 9 heteroatoms. The van der Waals surface area contributed by atoms with Crippen LogP contribution in [0.4, 0.5) is 5.69 Å². The monoisotopic (exact) mass is 281 g/mol. The Labute approximate surface area is 86.9 Å². The van der Waals surface area contributed by atoms with E-state index in [9.17, 15) is 10.1 Å². The predicted octanol–water partition coefficient (Wildman–Crippen LogP) is -0.870. The second-order valence-corrected chi connectivity index (χ2v) is 4.44. The Morgan fingerprint density at radius 1 is 1.13 bits per heavy atom. The van der Waals surface area contributed by atoms with E-state index in [4.69, 9.17) is 21.1 Å². The van der Waals surface area contributed by atoms with Gasteiger partial charge in [0.2, 0.25) is 0 Å². The van der Waals surface area contributed by atoms with Gasteiger partial charge in [-0.3, -0.25) is 10.1 Å². The van der Waals surface area contributed by atoms with Gasteiger partial charge >= 0.3 is 30.5 Å². The molecule has 1 aromatic carbocycles. The quantitative estimate of drug-likeness (QED) is 0.298. The number of hydrogen-bond acceptors (Lipinski definition) is 4. The summed E-state index contributed by atoms with van der Waals surface area (Å²) in [7, 11) is 0. The van der Waals surface area contributed by atoms with E-state index < -0.39 is 19.4 Å². The minimum Gasteiger partial charge on any atom is -0.508 e. The van der Waals surface area contributed by atoms with Gasteiger partial charge in [0.1, 0.15) is 5.75 Å². The van der Waals surface area contributed by atoms with Crippen molar-refractivity contribution in [3.8, 4) is 5.75 Å². The number of nitro benzene ring substituents is 1. The molecular formula is C6H8AsNO7. The zero-order valence-corrected chi connectivity index (χ0v) is 9.09. The van der Waals surface area contributed by atoms with E-state index in [1.807, 2.05) is 0 Å². The first kappa shape index (κ1) is 13.7. The molecule has 8 nitrogen and oxygen atoms in total. The number of phenolic OH excluding ortho intramolecular Hbond substituents is 1. The fourth-order valence-corrected chi connectivity index (χ4v) is 0.574. The molecule has 0 aliphatic carbocycles. The molecule has 0 amide bonds. The number of benzene rings is 1. The molecule has 0 aliphatic rings. The van der Waals surface area contributed by atoms with Crippen LogP contribution < -0.4 is 0 Å². The Hall–Kier alpha value is -1.34. The van der Waals surface area contributed by atoms with Gasteiger partial charge in [-0.05, 0) is 12.1 Å². The van der Waals surface area contributed by atoms with E-state index in [0.29, 0.717) is 0 Å². The second-order valence-electron chi connectivity index (χ2n) is 2.29. The Kier molecular flexibility index (Phi) is 5.02. The van der Waals surface area contributed by atoms with E-state index in [1.54, 1.807) is 0 Å².